The van der Waals surface area contributed by atoms with Crippen LogP contribution in [0.1, 0.15) is 15.9 Å². The maximum absolute atomic E-state index is 11.9. The van der Waals surface area contributed by atoms with Gasteiger partial charge in [0, 0.05) is 23.5 Å². The van der Waals surface area contributed by atoms with Crippen molar-refractivity contribution in [3.63, 3.8) is 0 Å². The molecule has 0 unspecified atom stereocenters. The van der Waals surface area contributed by atoms with Crippen LogP contribution in [0.3, 0.4) is 0 Å². The Morgan fingerprint density at radius 2 is 2.24 bits per heavy atom. The SMILES string of the molecule is C=CCNC(=O)c1cncc(Nc2cccc(Cl)c2C)c1. The van der Waals surface area contributed by atoms with E-state index in [2.05, 4.69) is 22.2 Å². The van der Waals surface area contributed by atoms with Crippen molar-refractivity contribution in [1.82, 2.24) is 10.3 Å². The van der Waals surface area contributed by atoms with Gasteiger partial charge in [-0.1, -0.05) is 23.7 Å². The highest BCUT2D eigenvalue weighted by Gasteiger charge is 2.07. The fourth-order valence-corrected chi connectivity index (χ4v) is 1.97. The van der Waals surface area contributed by atoms with Gasteiger partial charge < -0.3 is 10.6 Å². The number of halogens is 1. The predicted octanol–water partition coefficient (Wildman–Crippen LogP) is 3.70. The quantitative estimate of drug-likeness (QED) is 0.828. The Bertz CT molecular complexity index is 670. The fourth-order valence-electron chi connectivity index (χ4n) is 1.80. The Labute approximate surface area is 128 Å². The van der Waals surface area contributed by atoms with Gasteiger partial charge in [0.1, 0.15) is 0 Å². The van der Waals surface area contributed by atoms with Gasteiger partial charge in [-0.15, -0.1) is 6.58 Å². The van der Waals surface area contributed by atoms with Crippen molar-refractivity contribution in [3.05, 3.63) is 65.5 Å². The second kappa shape index (κ2) is 6.90. The van der Waals surface area contributed by atoms with Crippen molar-refractivity contribution in [3.8, 4) is 0 Å². The van der Waals surface area contributed by atoms with Crippen molar-refractivity contribution < 1.29 is 4.79 Å². The lowest BCUT2D eigenvalue weighted by Gasteiger charge is -2.11. The van der Waals surface area contributed by atoms with E-state index < -0.39 is 0 Å². The molecule has 2 N–H and O–H groups in total. The van der Waals surface area contributed by atoms with Gasteiger partial charge in [0.05, 0.1) is 17.4 Å². The number of hydrogen-bond donors (Lipinski definition) is 2. The number of benzene rings is 1. The third-order valence-corrected chi connectivity index (χ3v) is 3.36. The van der Waals surface area contributed by atoms with Gasteiger partial charge in [0.2, 0.25) is 0 Å². The molecule has 1 aromatic carbocycles. The Morgan fingerprint density at radius 1 is 1.43 bits per heavy atom. The van der Waals surface area contributed by atoms with Crippen molar-refractivity contribution in [2.24, 2.45) is 0 Å². The highest BCUT2D eigenvalue weighted by Crippen LogP contribution is 2.26. The molecule has 0 fully saturated rings. The van der Waals surface area contributed by atoms with Crippen LogP contribution >= 0.6 is 11.6 Å². The molecule has 0 aliphatic rings. The molecule has 0 bridgehead atoms. The predicted molar refractivity (Wildman–Crippen MR) is 86.2 cm³/mol. The van der Waals surface area contributed by atoms with E-state index in [9.17, 15) is 4.79 Å². The number of aromatic nitrogens is 1. The summed E-state index contributed by atoms with van der Waals surface area (Å²) in [5, 5.41) is 6.62. The lowest BCUT2D eigenvalue weighted by Crippen LogP contribution is -2.23. The van der Waals surface area contributed by atoms with Crippen molar-refractivity contribution in [1.29, 1.82) is 0 Å². The number of amides is 1. The van der Waals surface area contributed by atoms with Crippen LogP contribution in [-0.2, 0) is 0 Å². The number of pyridine rings is 1. The van der Waals surface area contributed by atoms with Crippen LogP contribution in [0, 0.1) is 6.92 Å². The zero-order valence-electron chi connectivity index (χ0n) is 11.7. The molecule has 108 valence electrons. The molecule has 0 saturated heterocycles. The number of rotatable bonds is 5. The van der Waals surface area contributed by atoms with Crippen LogP contribution in [0.2, 0.25) is 5.02 Å². The molecule has 0 aliphatic carbocycles. The summed E-state index contributed by atoms with van der Waals surface area (Å²) in [7, 11) is 0. The standard InChI is InChI=1S/C16H16ClN3O/c1-3-7-19-16(21)12-8-13(10-18-9-12)20-15-6-4-5-14(17)11(15)2/h3-6,8-10,20H,1,7H2,2H3,(H,19,21). The summed E-state index contributed by atoms with van der Waals surface area (Å²) >= 11 is 6.09. The fraction of sp³-hybridized carbons (Fsp3) is 0.125. The van der Waals surface area contributed by atoms with Gasteiger partial charge in [0.25, 0.3) is 5.91 Å². The first-order chi connectivity index (χ1) is 10.1. The molecule has 0 aliphatic heterocycles. The summed E-state index contributed by atoms with van der Waals surface area (Å²) < 4.78 is 0. The molecule has 1 aromatic heterocycles. The van der Waals surface area contributed by atoms with Gasteiger partial charge in [-0.25, -0.2) is 0 Å². The third-order valence-electron chi connectivity index (χ3n) is 2.95. The zero-order valence-corrected chi connectivity index (χ0v) is 12.4. The maximum Gasteiger partial charge on any atom is 0.253 e. The average molecular weight is 302 g/mol. The first kappa shape index (κ1) is 15.1. The summed E-state index contributed by atoms with van der Waals surface area (Å²) in [5.41, 5.74) is 3.04. The lowest BCUT2D eigenvalue weighted by molar-refractivity contribution is 0.0957. The van der Waals surface area contributed by atoms with Crippen LogP contribution in [-0.4, -0.2) is 17.4 Å². The molecule has 0 saturated carbocycles. The molecule has 0 radical (unpaired) electrons. The minimum absolute atomic E-state index is 0.186. The minimum Gasteiger partial charge on any atom is -0.354 e. The van der Waals surface area contributed by atoms with Gasteiger partial charge >= 0.3 is 0 Å². The minimum atomic E-state index is -0.186. The largest absolute Gasteiger partial charge is 0.354 e. The molecule has 5 heteroatoms. The second-order valence-electron chi connectivity index (χ2n) is 4.50. The molecular weight excluding hydrogens is 286 g/mol. The van der Waals surface area contributed by atoms with Gasteiger partial charge in [-0.2, -0.15) is 0 Å². The molecule has 2 rings (SSSR count). The summed E-state index contributed by atoms with van der Waals surface area (Å²) in [5.74, 6) is -0.186. The topological polar surface area (TPSA) is 54.0 Å². The molecule has 2 aromatic rings. The summed E-state index contributed by atoms with van der Waals surface area (Å²) in [6, 6.07) is 7.36. The van der Waals surface area contributed by atoms with Crippen LogP contribution in [0.4, 0.5) is 11.4 Å². The van der Waals surface area contributed by atoms with E-state index in [4.69, 9.17) is 11.6 Å². The number of nitrogens with zero attached hydrogens (tertiary/aromatic N) is 1. The Kier molecular flexibility index (Phi) is 4.95. The zero-order chi connectivity index (χ0) is 15.2. The number of carbonyl (C=O) groups excluding carboxylic acids is 1. The number of nitrogens with one attached hydrogen (secondary N) is 2. The van der Waals surface area contributed by atoms with Gasteiger partial charge in [-0.05, 0) is 30.7 Å². The Morgan fingerprint density at radius 3 is 3.00 bits per heavy atom. The summed E-state index contributed by atoms with van der Waals surface area (Å²) in [6.07, 6.45) is 4.81. The number of hydrogen-bond acceptors (Lipinski definition) is 3. The first-order valence-corrected chi connectivity index (χ1v) is 6.86. The van der Waals surface area contributed by atoms with Crippen molar-refractivity contribution in [2.75, 3.05) is 11.9 Å². The Balaban J connectivity index is 2.19. The second-order valence-corrected chi connectivity index (χ2v) is 4.91. The molecule has 1 heterocycles. The van der Waals surface area contributed by atoms with Crippen LogP contribution in [0.5, 0.6) is 0 Å². The highest BCUT2D eigenvalue weighted by molar-refractivity contribution is 6.31. The van der Waals surface area contributed by atoms with Crippen LogP contribution < -0.4 is 10.6 Å². The molecule has 21 heavy (non-hydrogen) atoms. The highest BCUT2D eigenvalue weighted by atomic mass is 35.5. The normalized spacial score (nSPS) is 10.0. The Hall–Kier alpha value is -2.33. The van der Waals surface area contributed by atoms with E-state index in [1.165, 1.54) is 6.20 Å². The van der Waals surface area contributed by atoms with E-state index in [0.717, 1.165) is 16.9 Å². The molecule has 0 atom stereocenters. The van der Waals surface area contributed by atoms with Crippen molar-refractivity contribution in [2.45, 2.75) is 6.92 Å². The molecule has 4 nitrogen and oxygen atoms in total. The van der Waals surface area contributed by atoms with E-state index in [0.29, 0.717) is 17.1 Å². The molecule has 1 amide bonds. The van der Waals surface area contributed by atoms with Gasteiger partial charge in [0.15, 0.2) is 0 Å². The number of carbonyl (C=O) groups is 1. The number of anilines is 2. The van der Waals surface area contributed by atoms with E-state index in [1.807, 2.05) is 25.1 Å². The summed E-state index contributed by atoms with van der Waals surface area (Å²) in [6.45, 7) is 5.91. The van der Waals surface area contributed by atoms with E-state index in [1.54, 1.807) is 18.3 Å². The van der Waals surface area contributed by atoms with E-state index >= 15 is 0 Å². The maximum atomic E-state index is 11.9. The molecule has 0 spiro atoms. The third kappa shape index (κ3) is 3.83. The lowest BCUT2D eigenvalue weighted by atomic mass is 10.2. The monoisotopic (exact) mass is 301 g/mol. The average Bonchev–Trinajstić information content (AvgIpc) is 2.50. The molecular formula is C16H16ClN3O. The van der Waals surface area contributed by atoms with Crippen LogP contribution in [0.15, 0.2) is 49.3 Å². The first-order valence-electron chi connectivity index (χ1n) is 6.48. The van der Waals surface area contributed by atoms with Crippen LogP contribution in [0.25, 0.3) is 0 Å². The summed E-state index contributed by atoms with van der Waals surface area (Å²) in [4.78, 5) is 16.0. The smallest absolute Gasteiger partial charge is 0.253 e. The van der Waals surface area contributed by atoms with Gasteiger partial charge in [-0.3, -0.25) is 9.78 Å². The van der Waals surface area contributed by atoms with E-state index in [-0.39, 0.29) is 5.91 Å². The van der Waals surface area contributed by atoms with Crippen molar-refractivity contribution >= 4 is 28.9 Å².